The second-order valence-corrected chi connectivity index (χ2v) is 1.82. The Labute approximate surface area is 54.8 Å². The van der Waals surface area contributed by atoms with Gasteiger partial charge in [0.05, 0.1) is 6.07 Å². The van der Waals surface area contributed by atoms with E-state index in [9.17, 15) is 4.79 Å². The smallest absolute Gasteiger partial charge is 0.137 e. The minimum Gasteiger partial charge on any atom is -0.299 e. The predicted molar refractivity (Wildman–Crippen MR) is 34.6 cm³/mol. The number of nitrogens with zero attached hydrogens (tertiary/aromatic N) is 1. The predicted octanol–water partition coefficient (Wildman–Crippen LogP) is 1.29. The van der Waals surface area contributed by atoms with E-state index in [0.717, 1.165) is 0 Å². The lowest BCUT2D eigenvalue weighted by Crippen LogP contribution is -2.05. The summed E-state index contributed by atoms with van der Waals surface area (Å²) in [5.41, 5.74) is 0. The van der Waals surface area contributed by atoms with E-state index in [-0.39, 0.29) is 18.1 Å². The summed E-state index contributed by atoms with van der Waals surface area (Å²) in [4.78, 5) is 10.5. The lowest BCUT2D eigenvalue weighted by molar-refractivity contribution is -0.119. The molecule has 0 saturated heterocycles. The number of carbonyl (C=O) groups excluding carboxylic acids is 1. The molecule has 2 heteroatoms. The van der Waals surface area contributed by atoms with Crippen molar-refractivity contribution in [3.8, 4) is 6.07 Å². The molecule has 0 aromatic heterocycles. The molecule has 1 unspecified atom stereocenters. The molecular weight excluding hydrogens is 114 g/mol. The van der Waals surface area contributed by atoms with Gasteiger partial charge in [0, 0.05) is 12.3 Å². The molecule has 0 radical (unpaired) electrons. The molecule has 0 aromatic rings. The van der Waals surface area contributed by atoms with Crippen molar-refractivity contribution in [1.82, 2.24) is 0 Å². The number of carbonyl (C=O) groups is 1. The quantitative estimate of drug-likeness (QED) is 0.530. The molecule has 0 aliphatic carbocycles. The fraction of sp³-hybridized carbons (Fsp3) is 0.429. The molecule has 2 nitrogen and oxygen atoms in total. The summed E-state index contributed by atoms with van der Waals surface area (Å²) in [5, 5.41) is 8.17. The normalized spacial score (nSPS) is 11.6. The average molecular weight is 123 g/mol. The lowest BCUT2D eigenvalue weighted by Gasteiger charge is -1.98. The van der Waals surface area contributed by atoms with Crippen LogP contribution in [0.1, 0.15) is 13.3 Å². The standard InChI is InChI=1S/C7H9NO/c1-3-7(4-5-8)6(2)9/h3,7H,1,4H2,2H3. The highest BCUT2D eigenvalue weighted by atomic mass is 16.1. The summed E-state index contributed by atoms with van der Waals surface area (Å²) in [6, 6.07) is 1.91. The fourth-order valence-electron chi connectivity index (χ4n) is 0.491. The lowest BCUT2D eigenvalue weighted by atomic mass is 10.0. The first-order valence-corrected chi connectivity index (χ1v) is 2.72. The van der Waals surface area contributed by atoms with Crippen LogP contribution >= 0.6 is 0 Å². The molecule has 48 valence electrons. The number of hydrogen-bond acceptors (Lipinski definition) is 2. The Hall–Kier alpha value is -1.10. The third kappa shape index (κ3) is 2.65. The number of nitriles is 1. The maximum atomic E-state index is 10.5. The molecular formula is C7H9NO. The van der Waals surface area contributed by atoms with Gasteiger partial charge in [0.2, 0.25) is 0 Å². The van der Waals surface area contributed by atoms with E-state index < -0.39 is 0 Å². The van der Waals surface area contributed by atoms with E-state index in [1.165, 1.54) is 13.0 Å². The Bertz CT molecular complexity index is 155. The molecule has 0 spiro atoms. The molecule has 1 atom stereocenters. The fourth-order valence-corrected chi connectivity index (χ4v) is 0.491. The number of hydrogen-bond donors (Lipinski definition) is 0. The van der Waals surface area contributed by atoms with Crippen molar-refractivity contribution in [2.24, 2.45) is 5.92 Å². The summed E-state index contributed by atoms with van der Waals surface area (Å²) >= 11 is 0. The zero-order valence-corrected chi connectivity index (χ0v) is 5.42. The minimum absolute atomic E-state index is 0.00606. The Morgan fingerprint density at radius 1 is 2.00 bits per heavy atom. The molecule has 0 amide bonds. The van der Waals surface area contributed by atoms with Gasteiger partial charge in [-0.1, -0.05) is 6.08 Å². The van der Waals surface area contributed by atoms with Crippen LogP contribution < -0.4 is 0 Å². The highest BCUT2D eigenvalue weighted by Gasteiger charge is 2.07. The summed E-state index contributed by atoms with van der Waals surface area (Å²) < 4.78 is 0. The van der Waals surface area contributed by atoms with E-state index in [2.05, 4.69) is 6.58 Å². The van der Waals surface area contributed by atoms with Gasteiger partial charge in [-0.05, 0) is 6.92 Å². The van der Waals surface area contributed by atoms with Crippen LogP contribution in [0.3, 0.4) is 0 Å². The third-order valence-electron chi connectivity index (χ3n) is 1.12. The maximum Gasteiger partial charge on any atom is 0.137 e. The first-order chi connectivity index (χ1) is 4.22. The van der Waals surface area contributed by atoms with Crippen molar-refractivity contribution in [2.75, 3.05) is 0 Å². The molecule has 0 aliphatic rings. The van der Waals surface area contributed by atoms with Crippen molar-refractivity contribution < 1.29 is 4.79 Å². The summed E-state index contributed by atoms with van der Waals surface area (Å²) in [5.74, 6) is -0.262. The van der Waals surface area contributed by atoms with E-state index in [0.29, 0.717) is 0 Å². The van der Waals surface area contributed by atoms with Crippen molar-refractivity contribution >= 4 is 5.78 Å². The van der Waals surface area contributed by atoms with E-state index >= 15 is 0 Å². The molecule has 0 bridgehead atoms. The Morgan fingerprint density at radius 2 is 2.56 bits per heavy atom. The molecule has 0 rings (SSSR count). The van der Waals surface area contributed by atoms with Crippen LogP contribution in [0.4, 0.5) is 0 Å². The summed E-state index contributed by atoms with van der Waals surface area (Å²) in [6.45, 7) is 4.89. The van der Waals surface area contributed by atoms with Crippen LogP contribution in [0.2, 0.25) is 0 Å². The number of ketones is 1. The summed E-state index contributed by atoms with van der Waals surface area (Å²) in [6.07, 6.45) is 1.75. The van der Waals surface area contributed by atoms with Gasteiger partial charge in [-0.25, -0.2) is 0 Å². The van der Waals surface area contributed by atoms with Crippen molar-refractivity contribution in [1.29, 1.82) is 5.26 Å². The molecule has 0 aromatic carbocycles. The van der Waals surface area contributed by atoms with Gasteiger partial charge < -0.3 is 0 Å². The summed E-state index contributed by atoms with van der Waals surface area (Å²) in [7, 11) is 0. The van der Waals surface area contributed by atoms with E-state index in [4.69, 9.17) is 5.26 Å². The van der Waals surface area contributed by atoms with E-state index in [1.54, 1.807) is 0 Å². The Kier molecular flexibility index (Phi) is 3.38. The van der Waals surface area contributed by atoms with Gasteiger partial charge in [-0.15, -0.1) is 6.58 Å². The minimum atomic E-state index is -0.269. The van der Waals surface area contributed by atoms with Crippen molar-refractivity contribution in [2.45, 2.75) is 13.3 Å². The molecule has 0 fully saturated rings. The SMILES string of the molecule is C=CC(CC#N)C(C)=O. The molecule has 0 saturated carbocycles. The zero-order chi connectivity index (χ0) is 7.28. The largest absolute Gasteiger partial charge is 0.299 e. The monoisotopic (exact) mass is 123 g/mol. The van der Waals surface area contributed by atoms with E-state index in [1.807, 2.05) is 6.07 Å². The van der Waals surface area contributed by atoms with Crippen LogP contribution in [0.5, 0.6) is 0 Å². The average Bonchev–Trinajstić information content (AvgIpc) is 1.82. The van der Waals surface area contributed by atoms with Crippen molar-refractivity contribution in [3.05, 3.63) is 12.7 Å². The van der Waals surface area contributed by atoms with Crippen LogP contribution in [0, 0.1) is 17.2 Å². The van der Waals surface area contributed by atoms with Gasteiger partial charge in [0.15, 0.2) is 0 Å². The van der Waals surface area contributed by atoms with Crippen LogP contribution in [0.25, 0.3) is 0 Å². The van der Waals surface area contributed by atoms with Crippen LogP contribution in [0.15, 0.2) is 12.7 Å². The number of Topliss-reactive ketones (excluding diaryl/α,β-unsaturated/α-hetero) is 1. The maximum absolute atomic E-state index is 10.5. The molecule has 0 heterocycles. The topological polar surface area (TPSA) is 40.9 Å². The first kappa shape index (κ1) is 7.90. The third-order valence-corrected chi connectivity index (χ3v) is 1.12. The van der Waals surface area contributed by atoms with Crippen LogP contribution in [-0.4, -0.2) is 5.78 Å². The van der Waals surface area contributed by atoms with Crippen LogP contribution in [-0.2, 0) is 4.79 Å². The molecule has 0 N–H and O–H groups in total. The zero-order valence-electron chi connectivity index (χ0n) is 5.42. The Morgan fingerprint density at radius 3 is 2.67 bits per heavy atom. The van der Waals surface area contributed by atoms with Crippen molar-refractivity contribution in [3.63, 3.8) is 0 Å². The first-order valence-electron chi connectivity index (χ1n) is 2.72. The second kappa shape index (κ2) is 3.85. The van der Waals surface area contributed by atoms with Gasteiger partial charge in [-0.3, -0.25) is 4.79 Å². The second-order valence-electron chi connectivity index (χ2n) is 1.82. The Balaban J connectivity index is 3.86. The van der Waals surface area contributed by atoms with Gasteiger partial charge in [0.25, 0.3) is 0 Å². The molecule has 0 aliphatic heterocycles. The van der Waals surface area contributed by atoms with Gasteiger partial charge in [0.1, 0.15) is 5.78 Å². The molecule has 9 heavy (non-hydrogen) atoms. The highest BCUT2D eigenvalue weighted by molar-refractivity contribution is 5.80. The highest BCUT2D eigenvalue weighted by Crippen LogP contribution is 2.03. The number of rotatable bonds is 3. The van der Waals surface area contributed by atoms with Gasteiger partial charge in [-0.2, -0.15) is 5.26 Å². The van der Waals surface area contributed by atoms with Gasteiger partial charge >= 0.3 is 0 Å². The number of allylic oxidation sites excluding steroid dienone is 1.